The fourth-order valence-corrected chi connectivity index (χ4v) is 4.75. The lowest BCUT2D eigenvalue weighted by atomic mass is 9.85. The largest absolute Gasteiger partial charge is 0.348 e. The molecule has 1 saturated heterocycles. The summed E-state index contributed by atoms with van der Waals surface area (Å²) in [4.78, 5) is 39.0. The van der Waals surface area contributed by atoms with E-state index in [9.17, 15) is 14.4 Å². The van der Waals surface area contributed by atoms with E-state index < -0.39 is 0 Å². The van der Waals surface area contributed by atoms with Crippen molar-refractivity contribution in [2.45, 2.75) is 25.8 Å². The Morgan fingerprint density at radius 3 is 2.27 bits per heavy atom. The Labute approximate surface area is 157 Å². The first-order valence-electron chi connectivity index (χ1n) is 9.08. The van der Waals surface area contributed by atoms with Gasteiger partial charge < -0.3 is 5.32 Å². The topological polar surface area (TPSA) is 66.5 Å². The number of halogens is 1. The van der Waals surface area contributed by atoms with Gasteiger partial charge in [0.25, 0.3) is 0 Å². The third-order valence-corrected chi connectivity index (χ3v) is 6.13. The van der Waals surface area contributed by atoms with Crippen LogP contribution in [0.3, 0.4) is 0 Å². The van der Waals surface area contributed by atoms with Crippen LogP contribution in [0, 0.1) is 23.7 Å². The molecule has 0 spiro atoms. The average Bonchev–Trinajstić information content (AvgIpc) is 3.30. The van der Waals surface area contributed by atoms with E-state index in [4.69, 9.17) is 11.6 Å². The summed E-state index contributed by atoms with van der Waals surface area (Å²) in [7, 11) is 0. The van der Waals surface area contributed by atoms with Crippen molar-refractivity contribution in [3.05, 3.63) is 47.0 Å². The molecule has 0 aromatic heterocycles. The number of benzene rings is 1. The number of nitrogens with zero attached hydrogens (tertiary/aromatic N) is 1. The van der Waals surface area contributed by atoms with Crippen molar-refractivity contribution in [2.75, 3.05) is 6.54 Å². The molecule has 5 unspecified atom stereocenters. The highest BCUT2D eigenvalue weighted by Crippen LogP contribution is 2.52. The summed E-state index contributed by atoms with van der Waals surface area (Å²) in [5, 5.41) is 3.57. The van der Waals surface area contributed by atoms with Gasteiger partial charge in [-0.15, -0.1) is 0 Å². The molecule has 6 heteroatoms. The van der Waals surface area contributed by atoms with Crippen molar-refractivity contribution in [3.8, 4) is 0 Å². The second-order valence-electron chi connectivity index (χ2n) is 7.34. The molecule has 2 bridgehead atoms. The summed E-state index contributed by atoms with van der Waals surface area (Å²) < 4.78 is 0. The van der Waals surface area contributed by atoms with Crippen LogP contribution in [0.25, 0.3) is 0 Å². The molecule has 2 fully saturated rings. The molecule has 26 heavy (non-hydrogen) atoms. The van der Waals surface area contributed by atoms with Crippen LogP contribution in [-0.2, 0) is 14.4 Å². The van der Waals surface area contributed by atoms with Crippen LogP contribution in [-0.4, -0.2) is 29.2 Å². The Bertz CT molecular complexity index is 759. The molecule has 3 amide bonds. The SMILES string of the molecule is CCC(NC(=O)CN1C(=O)C2C3C=CC(C3)C2C1=O)c1ccc(Cl)cc1. The molecule has 136 valence electrons. The Morgan fingerprint density at radius 2 is 1.73 bits per heavy atom. The summed E-state index contributed by atoms with van der Waals surface area (Å²) in [5.41, 5.74) is 0.948. The first-order chi connectivity index (χ1) is 12.5. The average molecular weight is 373 g/mol. The number of hydrogen-bond donors (Lipinski definition) is 1. The molecule has 4 rings (SSSR count). The molecule has 1 saturated carbocycles. The van der Waals surface area contributed by atoms with Gasteiger partial charge >= 0.3 is 0 Å². The minimum absolute atomic E-state index is 0.159. The number of hydrogen-bond acceptors (Lipinski definition) is 3. The normalized spacial score (nSPS) is 30.0. The van der Waals surface area contributed by atoms with E-state index >= 15 is 0 Å². The van der Waals surface area contributed by atoms with Gasteiger partial charge in [0.15, 0.2) is 0 Å². The highest BCUT2D eigenvalue weighted by atomic mass is 35.5. The Kier molecular flexibility index (Phi) is 4.35. The van der Waals surface area contributed by atoms with E-state index in [0.717, 1.165) is 16.9 Å². The van der Waals surface area contributed by atoms with E-state index in [0.29, 0.717) is 11.4 Å². The van der Waals surface area contributed by atoms with E-state index in [1.165, 1.54) is 0 Å². The maximum atomic E-state index is 12.7. The molecular weight excluding hydrogens is 352 g/mol. The molecule has 2 aliphatic carbocycles. The van der Waals surface area contributed by atoms with Crippen molar-refractivity contribution in [1.29, 1.82) is 0 Å². The van der Waals surface area contributed by atoms with Gasteiger partial charge in [-0.25, -0.2) is 0 Å². The summed E-state index contributed by atoms with van der Waals surface area (Å²) in [6, 6.07) is 7.13. The molecule has 3 aliphatic rings. The first kappa shape index (κ1) is 17.3. The van der Waals surface area contributed by atoms with Crippen LogP contribution in [0.5, 0.6) is 0 Å². The maximum Gasteiger partial charge on any atom is 0.240 e. The number of rotatable bonds is 5. The number of likely N-dealkylation sites (tertiary alicyclic amines) is 1. The molecule has 1 aromatic carbocycles. The molecule has 5 atom stereocenters. The van der Waals surface area contributed by atoms with Crippen LogP contribution in [0.2, 0.25) is 5.02 Å². The van der Waals surface area contributed by atoms with E-state index in [2.05, 4.69) is 5.32 Å². The predicted molar refractivity (Wildman–Crippen MR) is 97.1 cm³/mol. The van der Waals surface area contributed by atoms with Crippen LogP contribution < -0.4 is 5.32 Å². The van der Waals surface area contributed by atoms with E-state index in [-0.39, 0.29) is 54.0 Å². The number of nitrogens with one attached hydrogen (secondary N) is 1. The molecular formula is C20H21ClN2O3. The Morgan fingerprint density at radius 1 is 1.15 bits per heavy atom. The second-order valence-corrected chi connectivity index (χ2v) is 7.78. The van der Waals surface area contributed by atoms with Crippen LogP contribution in [0.1, 0.15) is 31.4 Å². The smallest absolute Gasteiger partial charge is 0.240 e. The minimum atomic E-state index is -0.311. The number of carbonyl (C=O) groups excluding carboxylic acids is 3. The summed E-state index contributed by atoms with van der Waals surface area (Å²) >= 11 is 5.91. The molecule has 0 radical (unpaired) electrons. The third kappa shape index (κ3) is 2.75. The predicted octanol–water partition coefficient (Wildman–Crippen LogP) is 2.71. The summed E-state index contributed by atoms with van der Waals surface area (Å²) in [6.07, 6.45) is 5.69. The molecule has 1 N–H and O–H groups in total. The fourth-order valence-electron chi connectivity index (χ4n) is 4.62. The second kappa shape index (κ2) is 6.54. The monoisotopic (exact) mass is 372 g/mol. The minimum Gasteiger partial charge on any atom is -0.348 e. The van der Waals surface area contributed by atoms with Gasteiger partial charge in [-0.1, -0.05) is 42.8 Å². The van der Waals surface area contributed by atoms with Gasteiger partial charge in [-0.05, 0) is 42.4 Å². The van der Waals surface area contributed by atoms with Crippen LogP contribution in [0.15, 0.2) is 36.4 Å². The Balaban J connectivity index is 1.43. The molecule has 5 nitrogen and oxygen atoms in total. The quantitative estimate of drug-likeness (QED) is 0.638. The van der Waals surface area contributed by atoms with Gasteiger partial charge in [-0.2, -0.15) is 0 Å². The van der Waals surface area contributed by atoms with Gasteiger partial charge in [0.2, 0.25) is 17.7 Å². The summed E-state index contributed by atoms with van der Waals surface area (Å²) in [6.45, 7) is 1.77. The summed E-state index contributed by atoms with van der Waals surface area (Å²) in [5.74, 6) is -0.891. The highest BCUT2D eigenvalue weighted by molar-refractivity contribution is 6.30. The lowest BCUT2D eigenvalue weighted by Crippen LogP contribution is -2.42. The van der Waals surface area contributed by atoms with Crippen LogP contribution in [0.4, 0.5) is 0 Å². The van der Waals surface area contributed by atoms with E-state index in [1.54, 1.807) is 12.1 Å². The zero-order chi connectivity index (χ0) is 18.4. The van der Waals surface area contributed by atoms with Gasteiger partial charge in [0, 0.05) is 5.02 Å². The highest BCUT2D eigenvalue weighted by Gasteiger charge is 2.59. The lowest BCUT2D eigenvalue weighted by molar-refractivity contribution is -0.144. The van der Waals surface area contributed by atoms with Crippen molar-refractivity contribution >= 4 is 29.3 Å². The third-order valence-electron chi connectivity index (χ3n) is 5.88. The van der Waals surface area contributed by atoms with Gasteiger partial charge in [0.05, 0.1) is 17.9 Å². The standard InChI is InChI=1S/C20H21ClN2O3/c1-2-15(11-5-7-14(21)8-6-11)22-16(24)10-23-19(25)17-12-3-4-13(9-12)18(17)20(23)26/h3-8,12-13,15,17-18H,2,9-10H2,1H3,(H,22,24). The van der Waals surface area contributed by atoms with Gasteiger partial charge in [-0.3, -0.25) is 19.3 Å². The molecule has 1 heterocycles. The zero-order valence-corrected chi connectivity index (χ0v) is 15.3. The Hall–Kier alpha value is -2.14. The maximum absolute atomic E-state index is 12.7. The van der Waals surface area contributed by atoms with Crippen molar-refractivity contribution in [3.63, 3.8) is 0 Å². The van der Waals surface area contributed by atoms with Crippen molar-refractivity contribution in [2.24, 2.45) is 23.7 Å². The zero-order valence-electron chi connectivity index (χ0n) is 14.5. The molecule has 1 aliphatic heterocycles. The number of fused-ring (bicyclic) bond motifs is 5. The van der Waals surface area contributed by atoms with Crippen molar-refractivity contribution < 1.29 is 14.4 Å². The number of amides is 3. The van der Waals surface area contributed by atoms with Gasteiger partial charge in [0.1, 0.15) is 6.54 Å². The number of imide groups is 1. The first-order valence-corrected chi connectivity index (χ1v) is 9.45. The number of allylic oxidation sites excluding steroid dienone is 2. The number of carbonyl (C=O) groups is 3. The molecule has 1 aromatic rings. The fraction of sp³-hybridized carbons (Fsp3) is 0.450. The van der Waals surface area contributed by atoms with Crippen LogP contribution >= 0.6 is 11.6 Å². The van der Waals surface area contributed by atoms with E-state index in [1.807, 2.05) is 31.2 Å². The lowest BCUT2D eigenvalue weighted by Gasteiger charge is -2.21. The van der Waals surface area contributed by atoms with Crippen molar-refractivity contribution in [1.82, 2.24) is 10.2 Å².